The standard InChI is InChI=1S/C11H15NO5/c1-3-11(14,17-10(12)13)16-9-7-5-4-6-8(9)15-2/h4-7,14H,3H2,1-2H3,(H2,12,13). The minimum atomic E-state index is -2.10. The molecule has 0 bridgehead atoms. The third kappa shape index (κ3) is 3.53. The van der Waals surface area contributed by atoms with Gasteiger partial charge in [0.2, 0.25) is 0 Å². The molecule has 1 unspecified atom stereocenters. The SMILES string of the molecule is CCC(O)(OC(N)=O)Oc1ccccc1OC. The average molecular weight is 241 g/mol. The zero-order chi connectivity index (χ0) is 12.9. The van der Waals surface area contributed by atoms with Crippen LogP contribution < -0.4 is 15.2 Å². The number of ether oxygens (including phenoxy) is 3. The van der Waals surface area contributed by atoms with Gasteiger partial charge in [-0.1, -0.05) is 19.1 Å². The lowest BCUT2D eigenvalue weighted by atomic mass is 10.3. The summed E-state index contributed by atoms with van der Waals surface area (Å²) >= 11 is 0. The van der Waals surface area contributed by atoms with E-state index in [-0.39, 0.29) is 12.2 Å². The van der Waals surface area contributed by atoms with E-state index in [1.54, 1.807) is 31.2 Å². The summed E-state index contributed by atoms with van der Waals surface area (Å²) in [6.07, 6.45) is -1.10. The topological polar surface area (TPSA) is 91.0 Å². The number of hydrogen-bond donors (Lipinski definition) is 2. The van der Waals surface area contributed by atoms with E-state index in [2.05, 4.69) is 4.74 Å². The van der Waals surface area contributed by atoms with Crippen molar-refractivity contribution < 1.29 is 24.1 Å². The summed E-state index contributed by atoms with van der Waals surface area (Å²) in [6.45, 7) is 1.58. The minimum absolute atomic E-state index is 0.0218. The van der Waals surface area contributed by atoms with Crippen LogP contribution in [0.2, 0.25) is 0 Å². The summed E-state index contributed by atoms with van der Waals surface area (Å²) in [5, 5.41) is 9.86. The van der Waals surface area contributed by atoms with Crippen molar-refractivity contribution >= 4 is 6.09 Å². The number of primary amides is 1. The van der Waals surface area contributed by atoms with Crippen LogP contribution in [0.5, 0.6) is 11.5 Å². The first-order chi connectivity index (χ1) is 8.00. The van der Waals surface area contributed by atoms with Crippen LogP contribution in [0.1, 0.15) is 13.3 Å². The van der Waals surface area contributed by atoms with Crippen LogP contribution in [-0.4, -0.2) is 24.3 Å². The van der Waals surface area contributed by atoms with Gasteiger partial charge in [0.1, 0.15) is 0 Å². The predicted molar refractivity (Wildman–Crippen MR) is 59.5 cm³/mol. The van der Waals surface area contributed by atoms with Crippen LogP contribution >= 0.6 is 0 Å². The second kappa shape index (κ2) is 5.40. The van der Waals surface area contributed by atoms with Crippen LogP contribution in [0.25, 0.3) is 0 Å². The number of carbonyl (C=O) groups excluding carboxylic acids is 1. The number of benzene rings is 1. The number of para-hydroxylation sites is 2. The Labute approximate surface area is 98.9 Å². The van der Waals surface area contributed by atoms with E-state index in [0.29, 0.717) is 5.75 Å². The number of nitrogens with two attached hydrogens (primary N) is 1. The molecule has 0 saturated heterocycles. The van der Waals surface area contributed by atoms with Crippen molar-refractivity contribution in [3.63, 3.8) is 0 Å². The molecule has 0 fully saturated rings. The molecule has 6 nitrogen and oxygen atoms in total. The molecule has 0 aliphatic carbocycles. The van der Waals surface area contributed by atoms with Gasteiger partial charge in [0.15, 0.2) is 11.5 Å². The molecule has 0 aromatic heterocycles. The number of amides is 1. The molecule has 0 aliphatic rings. The van der Waals surface area contributed by atoms with Gasteiger partial charge in [-0.3, -0.25) is 0 Å². The fourth-order valence-electron chi connectivity index (χ4n) is 1.20. The molecule has 1 aromatic carbocycles. The van der Waals surface area contributed by atoms with Gasteiger partial charge >= 0.3 is 12.1 Å². The maximum atomic E-state index is 10.6. The van der Waals surface area contributed by atoms with Crippen LogP contribution in [-0.2, 0) is 4.74 Å². The predicted octanol–water partition coefficient (Wildman–Crippen LogP) is 1.23. The molecule has 0 radical (unpaired) electrons. The average Bonchev–Trinajstić information content (AvgIpc) is 2.28. The monoisotopic (exact) mass is 241 g/mol. The fourth-order valence-corrected chi connectivity index (χ4v) is 1.20. The summed E-state index contributed by atoms with van der Waals surface area (Å²) < 4.78 is 14.7. The number of aliphatic hydroxyl groups is 1. The Balaban J connectivity index is 2.90. The van der Waals surface area contributed by atoms with Crippen molar-refractivity contribution in [1.29, 1.82) is 0 Å². The van der Waals surface area contributed by atoms with Gasteiger partial charge in [-0.2, -0.15) is 0 Å². The molecule has 6 heteroatoms. The van der Waals surface area contributed by atoms with E-state index in [1.165, 1.54) is 7.11 Å². The van der Waals surface area contributed by atoms with Crippen LogP contribution in [0, 0.1) is 0 Å². The van der Waals surface area contributed by atoms with Crippen molar-refractivity contribution in [2.75, 3.05) is 7.11 Å². The van der Waals surface area contributed by atoms with Crippen LogP contribution in [0.4, 0.5) is 4.79 Å². The number of methoxy groups -OCH3 is 1. The van der Waals surface area contributed by atoms with Gasteiger partial charge < -0.3 is 25.1 Å². The molecule has 1 amide bonds. The Hall–Kier alpha value is -1.95. The van der Waals surface area contributed by atoms with Crippen molar-refractivity contribution in [3.05, 3.63) is 24.3 Å². The largest absolute Gasteiger partial charge is 0.493 e. The van der Waals surface area contributed by atoms with E-state index in [9.17, 15) is 9.90 Å². The van der Waals surface area contributed by atoms with E-state index in [4.69, 9.17) is 15.2 Å². The highest BCUT2D eigenvalue weighted by molar-refractivity contribution is 5.64. The first-order valence-electron chi connectivity index (χ1n) is 5.03. The molecule has 1 atom stereocenters. The first kappa shape index (κ1) is 13.1. The normalized spacial score (nSPS) is 13.6. The van der Waals surface area contributed by atoms with Gasteiger partial charge in [-0.15, -0.1) is 0 Å². The maximum absolute atomic E-state index is 10.6. The molecule has 1 rings (SSSR count). The lowest BCUT2D eigenvalue weighted by molar-refractivity contribution is -0.288. The molecule has 3 N–H and O–H groups in total. The van der Waals surface area contributed by atoms with E-state index in [0.717, 1.165) is 0 Å². The highest BCUT2D eigenvalue weighted by atomic mass is 16.8. The van der Waals surface area contributed by atoms with Crippen molar-refractivity contribution in [2.45, 2.75) is 19.3 Å². The Kier molecular flexibility index (Phi) is 4.17. The summed E-state index contributed by atoms with van der Waals surface area (Å²) in [5.74, 6) is -1.44. The molecular weight excluding hydrogens is 226 g/mol. The Morgan fingerprint density at radius 1 is 1.41 bits per heavy atom. The summed E-state index contributed by atoms with van der Waals surface area (Å²) in [6, 6.07) is 6.66. The number of carbonyl (C=O) groups is 1. The van der Waals surface area contributed by atoms with Crippen molar-refractivity contribution in [2.24, 2.45) is 5.73 Å². The Morgan fingerprint density at radius 3 is 2.47 bits per heavy atom. The number of hydrogen-bond acceptors (Lipinski definition) is 5. The van der Waals surface area contributed by atoms with E-state index < -0.39 is 12.1 Å². The van der Waals surface area contributed by atoms with Crippen LogP contribution in [0.15, 0.2) is 24.3 Å². The van der Waals surface area contributed by atoms with Gasteiger partial charge in [0.25, 0.3) is 0 Å². The van der Waals surface area contributed by atoms with E-state index >= 15 is 0 Å². The summed E-state index contributed by atoms with van der Waals surface area (Å²) in [4.78, 5) is 10.6. The molecule has 0 aliphatic heterocycles. The quantitative estimate of drug-likeness (QED) is 0.756. The van der Waals surface area contributed by atoms with E-state index in [1.807, 2.05) is 0 Å². The molecule has 0 heterocycles. The molecule has 94 valence electrons. The van der Waals surface area contributed by atoms with Gasteiger partial charge in [-0.25, -0.2) is 4.79 Å². The van der Waals surface area contributed by atoms with Gasteiger partial charge in [0.05, 0.1) is 13.5 Å². The highest BCUT2D eigenvalue weighted by Gasteiger charge is 2.32. The molecular formula is C11H15NO5. The van der Waals surface area contributed by atoms with Crippen molar-refractivity contribution in [3.8, 4) is 11.5 Å². The zero-order valence-electron chi connectivity index (χ0n) is 9.67. The minimum Gasteiger partial charge on any atom is -0.493 e. The smallest absolute Gasteiger partial charge is 0.409 e. The number of rotatable bonds is 5. The molecule has 1 aromatic rings. The Bertz CT molecular complexity index is 395. The highest BCUT2D eigenvalue weighted by Crippen LogP contribution is 2.30. The third-order valence-electron chi connectivity index (χ3n) is 2.05. The maximum Gasteiger partial charge on any atom is 0.409 e. The Morgan fingerprint density at radius 2 is 2.00 bits per heavy atom. The fraction of sp³-hybridized carbons (Fsp3) is 0.364. The van der Waals surface area contributed by atoms with Crippen LogP contribution in [0.3, 0.4) is 0 Å². The third-order valence-corrected chi connectivity index (χ3v) is 2.05. The molecule has 17 heavy (non-hydrogen) atoms. The van der Waals surface area contributed by atoms with Gasteiger partial charge in [0, 0.05) is 0 Å². The lowest BCUT2D eigenvalue weighted by Gasteiger charge is -2.26. The second-order valence-electron chi connectivity index (χ2n) is 3.24. The zero-order valence-corrected chi connectivity index (χ0v) is 9.67. The first-order valence-corrected chi connectivity index (χ1v) is 5.03. The molecule has 0 saturated carbocycles. The van der Waals surface area contributed by atoms with Crippen molar-refractivity contribution in [1.82, 2.24) is 0 Å². The summed E-state index contributed by atoms with van der Waals surface area (Å²) in [5.41, 5.74) is 4.85. The summed E-state index contributed by atoms with van der Waals surface area (Å²) in [7, 11) is 1.46. The second-order valence-corrected chi connectivity index (χ2v) is 3.24. The lowest BCUT2D eigenvalue weighted by Crippen LogP contribution is -2.42. The van der Waals surface area contributed by atoms with Gasteiger partial charge in [-0.05, 0) is 12.1 Å². The molecule has 0 spiro atoms.